The van der Waals surface area contributed by atoms with Crippen LogP contribution in [-0.2, 0) is 16.0 Å². The van der Waals surface area contributed by atoms with E-state index >= 15 is 0 Å². The molecule has 1 rings (SSSR count). The minimum Gasteiger partial charge on any atom is -0.469 e. The average Bonchev–Trinajstić information content (AvgIpc) is 2.23. The molecule has 0 N–H and O–H groups in total. The molecule has 0 aliphatic rings. The fraction of sp³-hybridized carbons (Fsp3) is 0.333. The van der Waals surface area contributed by atoms with Crippen molar-refractivity contribution < 1.29 is 18.3 Å². The second-order valence-electron chi connectivity index (χ2n) is 2.86. The Balaban J connectivity index is 3.18. The molecule has 0 spiro atoms. The second kappa shape index (κ2) is 5.54. The zero-order valence-corrected chi connectivity index (χ0v) is 10.5. The summed E-state index contributed by atoms with van der Waals surface area (Å²) in [5, 5.41) is -0.184. The highest BCUT2D eigenvalue weighted by Gasteiger charge is 2.21. The first-order valence-corrected chi connectivity index (χ1v) is 5.32. The molecule has 0 amide bonds. The maximum absolute atomic E-state index is 12.7. The third kappa shape index (κ3) is 2.89. The van der Waals surface area contributed by atoms with Crippen LogP contribution in [0.3, 0.4) is 0 Å². The number of rotatable bonds is 3. The van der Waals surface area contributed by atoms with Gasteiger partial charge in [-0.25, -0.2) is 13.8 Å². The predicted molar refractivity (Wildman–Crippen MR) is 57.6 cm³/mol. The van der Waals surface area contributed by atoms with Gasteiger partial charge in [0.05, 0.1) is 18.6 Å². The van der Waals surface area contributed by atoms with Crippen LogP contribution >= 0.6 is 27.5 Å². The van der Waals surface area contributed by atoms with Gasteiger partial charge in [-0.15, -0.1) is 0 Å². The Morgan fingerprint density at radius 3 is 2.81 bits per heavy atom. The number of nitrogens with zero attached hydrogens (tertiary/aromatic N) is 1. The van der Waals surface area contributed by atoms with Crippen molar-refractivity contribution in [3.63, 3.8) is 0 Å². The van der Waals surface area contributed by atoms with E-state index < -0.39 is 18.0 Å². The zero-order valence-electron chi connectivity index (χ0n) is 8.14. The summed E-state index contributed by atoms with van der Waals surface area (Å²) in [6.45, 7) is 0. The summed E-state index contributed by atoms with van der Waals surface area (Å²) < 4.78 is 30.0. The van der Waals surface area contributed by atoms with Gasteiger partial charge in [0.15, 0.2) is 0 Å². The molecule has 0 radical (unpaired) electrons. The number of hydrogen-bond donors (Lipinski definition) is 0. The summed E-state index contributed by atoms with van der Waals surface area (Å²) in [4.78, 5) is 14.8. The van der Waals surface area contributed by atoms with E-state index in [1.807, 2.05) is 0 Å². The Kier molecular flexibility index (Phi) is 4.61. The number of carbonyl (C=O) groups excluding carboxylic acids is 1. The van der Waals surface area contributed by atoms with Gasteiger partial charge >= 0.3 is 5.97 Å². The van der Waals surface area contributed by atoms with Gasteiger partial charge in [0, 0.05) is 11.8 Å². The van der Waals surface area contributed by atoms with Crippen LogP contribution in [-0.4, -0.2) is 18.1 Å². The summed E-state index contributed by atoms with van der Waals surface area (Å²) in [5.41, 5.74) is -0.330. The number of halogens is 4. The number of carbonyl (C=O) groups is 1. The third-order valence-corrected chi connectivity index (χ3v) is 3.09. The number of esters is 1. The van der Waals surface area contributed by atoms with Crippen molar-refractivity contribution in [3.05, 3.63) is 26.9 Å². The molecule has 16 heavy (non-hydrogen) atoms. The van der Waals surface area contributed by atoms with E-state index in [4.69, 9.17) is 11.6 Å². The van der Waals surface area contributed by atoms with Gasteiger partial charge in [-0.3, -0.25) is 4.79 Å². The SMILES string of the molecule is COC(=O)Cc1cnc(Br)c(Cl)c1C(F)F. The molecule has 0 aliphatic heterocycles. The first-order valence-electron chi connectivity index (χ1n) is 4.15. The van der Waals surface area contributed by atoms with Crippen LogP contribution in [0.25, 0.3) is 0 Å². The molecular formula is C9H7BrClF2NO2. The lowest BCUT2D eigenvalue weighted by atomic mass is 10.1. The Hall–Kier alpha value is -0.750. The van der Waals surface area contributed by atoms with E-state index in [2.05, 4.69) is 25.7 Å². The summed E-state index contributed by atoms with van der Waals surface area (Å²) in [7, 11) is 1.18. The average molecular weight is 315 g/mol. The fourth-order valence-corrected chi connectivity index (χ4v) is 1.69. The molecule has 0 bridgehead atoms. The van der Waals surface area contributed by atoms with E-state index in [9.17, 15) is 13.6 Å². The molecule has 1 heterocycles. The highest BCUT2D eigenvalue weighted by atomic mass is 79.9. The zero-order chi connectivity index (χ0) is 12.3. The highest BCUT2D eigenvalue weighted by Crippen LogP contribution is 2.34. The molecule has 0 saturated heterocycles. The molecule has 0 aliphatic carbocycles. The molecule has 7 heteroatoms. The van der Waals surface area contributed by atoms with Crippen molar-refractivity contribution in [1.29, 1.82) is 0 Å². The molecule has 3 nitrogen and oxygen atoms in total. The Bertz CT molecular complexity index is 415. The second-order valence-corrected chi connectivity index (χ2v) is 3.98. The first-order chi connectivity index (χ1) is 7.47. The molecule has 0 atom stereocenters. The van der Waals surface area contributed by atoms with Gasteiger partial charge in [0.1, 0.15) is 4.60 Å². The minimum absolute atomic E-state index is 0.0649. The number of ether oxygens (including phenoxy) is 1. The molecule has 1 aromatic rings. The summed E-state index contributed by atoms with van der Waals surface area (Å²) in [6, 6.07) is 0. The van der Waals surface area contributed by atoms with Gasteiger partial charge in [-0.2, -0.15) is 0 Å². The lowest BCUT2D eigenvalue weighted by Crippen LogP contribution is -2.08. The summed E-state index contributed by atoms with van der Waals surface area (Å²) >= 11 is 8.62. The molecular weight excluding hydrogens is 307 g/mol. The van der Waals surface area contributed by atoms with Crippen LogP contribution in [0.15, 0.2) is 10.8 Å². The highest BCUT2D eigenvalue weighted by molar-refractivity contribution is 9.10. The van der Waals surface area contributed by atoms with Crippen LogP contribution in [0.2, 0.25) is 5.02 Å². The quantitative estimate of drug-likeness (QED) is 0.635. The van der Waals surface area contributed by atoms with Gasteiger partial charge < -0.3 is 4.74 Å². The van der Waals surface area contributed by atoms with Crippen molar-refractivity contribution in [3.8, 4) is 0 Å². The molecule has 0 fully saturated rings. The largest absolute Gasteiger partial charge is 0.469 e. The maximum Gasteiger partial charge on any atom is 0.310 e. The molecule has 0 unspecified atom stereocenters. The maximum atomic E-state index is 12.7. The van der Waals surface area contributed by atoms with Gasteiger partial charge in [-0.05, 0) is 21.5 Å². The Labute approximate surface area is 104 Å². The monoisotopic (exact) mass is 313 g/mol. The smallest absolute Gasteiger partial charge is 0.310 e. The van der Waals surface area contributed by atoms with Crippen LogP contribution < -0.4 is 0 Å². The molecule has 1 aromatic heterocycles. The summed E-state index contributed by atoms with van der Waals surface area (Å²) in [6.07, 6.45) is -1.88. The topological polar surface area (TPSA) is 39.2 Å². The van der Waals surface area contributed by atoms with E-state index in [-0.39, 0.29) is 21.6 Å². The Morgan fingerprint density at radius 1 is 1.69 bits per heavy atom. The number of alkyl halides is 2. The lowest BCUT2D eigenvalue weighted by Gasteiger charge is -2.10. The minimum atomic E-state index is -2.77. The van der Waals surface area contributed by atoms with Gasteiger partial charge in [0.2, 0.25) is 0 Å². The van der Waals surface area contributed by atoms with Crippen LogP contribution in [0, 0.1) is 0 Å². The van der Waals surface area contributed by atoms with E-state index in [1.54, 1.807) is 0 Å². The number of aromatic nitrogens is 1. The molecule has 0 aromatic carbocycles. The van der Waals surface area contributed by atoms with Crippen molar-refractivity contribution in [2.45, 2.75) is 12.8 Å². The van der Waals surface area contributed by atoms with E-state index in [0.29, 0.717) is 0 Å². The van der Waals surface area contributed by atoms with Crippen LogP contribution in [0.5, 0.6) is 0 Å². The first kappa shape index (κ1) is 13.3. The van der Waals surface area contributed by atoms with Crippen molar-refractivity contribution in [2.24, 2.45) is 0 Å². The molecule has 88 valence electrons. The van der Waals surface area contributed by atoms with Crippen LogP contribution in [0.1, 0.15) is 17.6 Å². The lowest BCUT2D eigenvalue weighted by molar-refractivity contribution is -0.139. The number of pyridine rings is 1. The normalized spacial score (nSPS) is 10.6. The van der Waals surface area contributed by atoms with E-state index in [0.717, 1.165) is 0 Å². The molecule has 0 saturated carbocycles. The van der Waals surface area contributed by atoms with Crippen molar-refractivity contribution >= 4 is 33.5 Å². The Morgan fingerprint density at radius 2 is 2.31 bits per heavy atom. The fourth-order valence-electron chi connectivity index (χ4n) is 1.12. The van der Waals surface area contributed by atoms with Gasteiger partial charge in [0.25, 0.3) is 6.43 Å². The predicted octanol–water partition coefficient (Wildman–Crippen LogP) is 3.15. The van der Waals surface area contributed by atoms with Crippen LogP contribution in [0.4, 0.5) is 8.78 Å². The van der Waals surface area contributed by atoms with Crippen molar-refractivity contribution in [2.75, 3.05) is 7.11 Å². The third-order valence-electron chi connectivity index (χ3n) is 1.88. The van der Waals surface area contributed by atoms with Crippen molar-refractivity contribution in [1.82, 2.24) is 4.98 Å². The number of hydrogen-bond acceptors (Lipinski definition) is 3. The van der Waals surface area contributed by atoms with Gasteiger partial charge in [-0.1, -0.05) is 11.6 Å². The standard InChI is InChI=1S/C9H7BrClF2NO2/c1-16-5(15)2-4-3-14-8(10)7(11)6(4)9(12)13/h3,9H,2H2,1H3. The number of methoxy groups -OCH3 is 1. The van der Waals surface area contributed by atoms with E-state index in [1.165, 1.54) is 13.3 Å². The summed E-state index contributed by atoms with van der Waals surface area (Å²) in [5.74, 6) is -0.623.